The topological polar surface area (TPSA) is 143 Å². The van der Waals surface area contributed by atoms with E-state index in [2.05, 4.69) is 15.6 Å². The standard InChI is InChI=1S/C20H24N4O6/c1-20(2,3)30-19(29)23-13-6-11(7-14(25)8-13)15-9-21-17(22-12-4-5-12)18(28)24(15)10-16(26)27/h6-9,12,25H,4-5,10H2,1-3H3,(H,21,22)(H,23,29)(H,26,27). The van der Waals surface area contributed by atoms with Crippen molar-refractivity contribution in [3.05, 3.63) is 34.7 Å². The summed E-state index contributed by atoms with van der Waals surface area (Å²) < 4.78 is 6.26. The maximum absolute atomic E-state index is 12.8. The number of aromatic nitrogens is 2. The number of rotatable bonds is 6. The van der Waals surface area contributed by atoms with E-state index in [1.807, 2.05) is 0 Å². The third kappa shape index (κ3) is 5.49. The number of nitrogens with one attached hydrogen (secondary N) is 2. The molecule has 3 rings (SSSR count). The Kier molecular flexibility index (Phi) is 5.68. The zero-order chi connectivity index (χ0) is 22.1. The first-order valence-corrected chi connectivity index (χ1v) is 9.44. The van der Waals surface area contributed by atoms with Gasteiger partial charge in [-0.25, -0.2) is 9.78 Å². The lowest BCUT2D eigenvalue weighted by Crippen LogP contribution is -2.29. The van der Waals surface area contributed by atoms with Crippen molar-refractivity contribution in [3.63, 3.8) is 0 Å². The van der Waals surface area contributed by atoms with Crippen LogP contribution in [0.4, 0.5) is 16.3 Å². The number of aromatic hydroxyl groups is 1. The molecule has 1 aliphatic carbocycles. The van der Waals surface area contributed by atoms with Crippen LogP contribution >= 0.6 is 0 Å². The summed E-state index contributed by atoms with van der Waals surface area (Å²) in [6.45, 7) is 4.57. The van der Waals surface area contributed by atoms with Gasteiger partial charge in [0.25, 0.3) is 5.56 Å². The summed E-state index contributed by atoms with van der Waals surface area (Å²) >= 11 is 0. The second-order valence-electron chi connectivity index (χ2n) is 8.09. The number of carbonyl (C=O) groups is 2. The number of carboxylic acids is 1. The number of benzene rings is 1. The van der Waals surface area contributed by atoms with E-state index in [1.54, 1.807) is 20.8 Å². The average molecular weight is 416 g/mol. The largest absolute Gasteiger partial charge is 0.508 e. The highest BCUT2D eigenvalue weighted by molar-refractivity contribution is 5.86. The van der Waals surface area contributed by atoms with E-state index in [9.17, 15) is 24.6 Å². The number of carboxylic acid groups (broad SMARTS) is 1. The van der Waals surface area contributed by atoms with Gasteiger partial charge in [0.2, 0.25) is 0 Å². The Hall–Kier alpha value is -3.56. The van der Waals surface area contributed by atoms with E-state index in [0.29, 0.717) is 5.56 Å². The van der Waals surface area contributed by atoms with Crippen LogP contribution in [0.3, 0.4) is 0 Å². The smallest absolute Gasteiger partial charge is 0.412 e. The number of amides is 1. The second kappa shape index (κ2) is 8.05. The Balaban J connectivity index is 1.98. The number of ether oxygens (including phenoxy) is 1. The third-order valence-electron chi connectivity index (χ3n) is 4.12. The summed E-state index contributed by atoms with van der Waals surface area (Å²) in [6.07, 6.45) is 2.49. The molecule has 0 atom stereocenters. The summed E-state index contributed by atoms with van der Waals surface area (Å²) in [7, 11) is 0. The Labute approximate surface area is 172 Å². The van der Waals surface area contributed by atoms with Gasteiger partial charge in [-0.15, -0.1) is 0 Å². The van der Waals surface area contributed by atoms with Gasteiger partial charge in [0.05, 0.1) is 11.9 Å². The Bertz CT molecular complexity index is 1040. The van der Waals surface area contributed by atoms with E-state index < -0.39 is 29.8 Å². The molecule has 1 aliphatic rings. The van der Waals surface area contributed by atoms with Gasteiger partial charge in [-0.2, -0.15) is 0 Å². The zero-order valence-corrected chi connectivity index (χ0v) is 16.9. The second-order valence-corrected chi connectivity index (χ2v) is 8.09. The first-order valence-electron chi connectivity index (χ1n) is 9.44. The molecule has 2 aromatic rings. The molecule has 0 saturated heterocycles. The Morgan fingerprint density at radius 2 is 1.97 bits per heavy atom. The van der Waals surface area contributed by atoms with Crippen molar-refractivity contribution >= 4 is 23.6 Å². The fourth-order valence-electron chi connectivity index (χ4n) is 2.78. The minimum absolute atomic E-state index is 0.0785. The van der Waals surface area contributed by atoms with Crippen molar-refractivity contribution in [2.24, 2.45) is 0 Å². The molecule has 1 amide bonds. The number of hydrogen-bond acceptors (Lipinski definition) is 7. The van der Waals surface area contributed by atoms with Crippen LogP contribution in [0.2, 0.25) is 0 Å². The van der Waals surface area contributed by atoms with Crippen LogP contribution in [-0.4, -0.2) is 43.5 Å². The van der Waals surface area contributed by atoms with Crippen LogP contribution in [0.5, 0.6) is 5.75 Å². The van der Waals surface area contributed by atoms with Crippen LogP contribution in [0.15, 0.2) is 29.2 Å². The van der Waals surface area contributed by atoms with E-state index in [0.717, 1.165) is 17.4 Å². The van der Waals surface area contributed by atoms with E-state index in [1.165, 1.54) is 24.4 Å². The number of hydrogen-bond donors (Lipinski definition) is 4. The van der Waals surface area contributed by atoms with Gasteiger partial charge >= 0.3 is 12.1 Å². The summed E-state index contributed by atoms with van der Waals surface area (Å²) in [4.78, 5) is 40.3. The highest BCUT2D eigenvalue weighted by Gasteiger charge is 2.24. The molecule has 160 valence electrons. The average Bonchev–Trinajstić information content (AvgIpc) is 3.40. The minimum atomic E-state index is -1.20. The molecule has 30 heavy (non-hydrogen) atoms. The number of phenols is 1. The SMILES string of the molecule is CC(C)(C)OC(=O)Nc1cc(O)cc(-c2cnc(NC3CC3)c(=O)n2CC(=O)O)c1. The maximum Gasteiger partial charge on any atom is 0.412 e. The summed E-state index contributed by atoms with van der Waals surface area (Å²) in [6, 6.07) is 4.32. The molecule has 0 unspecified atom stereocenters. The molecule has 10 nitrogen and oxygen atoms in total. The third-order valence-corrected chi connectivity index (χ3v) is 4.12. The van der Waals surface area contributed by atoms with Gasteiger partial charge < -0.3 is 20.3 Å². The highest BCUT2D eigenvalue weighted by Crippen LogP contribution is 2.28. The number of carbonyl (C=O) groups excluding carboxylic acids is 1. The molecule has 0 bridgehead atoms. The number of phenolic OH excluding ortho intramolecular Hbond substituents is 1. The quantitative estimate of drug-likeness (QED) is 0.563. The van der Waals surface area contributed by atoms with Gasteiger partial charge in [0.1, 0.15) is 17.9 Å². The maximum atomic E-state index is 12.8. The van der Waals surface area contributed by atoms with Crippen molar-refractivity contribution < 1.29 is 24.5 Å². The molecule has 1 heterocycles. The molecule has 1 saturated carbocycles. The molecule has 0 spiro atoms. The van der Waals surface area contributed by atoms with Gasteiger partial charge in [-0.1, -0.05) is 0 Å². The fourth-order valence-corrected chi connectivity index (χ4v) is 2.78. The lowest BCUT2D eigenvalue weighted by Gasteiger charge is -2.20. The molecule has 4 N–H and O–H groups in total. The molecule has 0 aliphatic heterocycles. The van der Waals surface area contributed by atoms with Crippen LogP contribution in [-0.2, 0) is 16.1 Å². The molecule has 0 radical (unpaired) electrons. The van der Waals surface area contributed by atoms with Crippen LogP contribution in [0.1, 0.15) is 33.6 Å². The van der Waals surface area contributed by atoms with Gasteiger partial charge in [-0.05, 0) is 45.7 Å². The first-order chi connectivity index (χ1) is 14.0. The monoisotopic (exact) mass is 416 g/mol. The van der Waals surface area contributed by atoms with Crippen LogP contribution < -0.4 is 16.2 Å². The highest BCUT2D eigenvalue weighted by atomic mass is 16.6. The van der Waals surface area contributed by atoms with Crippen LogP contribution in [0.25, 0.3) is 11.3 Å². The number of anilines is 2. The first kappa shape index (κ1) is 21.2. The van der Waals surface area contributed by atoms with Crippen molar-refractivity contribution in [2.75, 3.05) is 10.6 Å². The summed E-state index contributed by atoms with van der Waals surface area (Å²) in [5.41, 5.74) is -0.572. The van der Waals surface area contributed by atoms with Crippen molar-refractivity contribution in [1.82, 2.24) is 9.55 Å². The normalized spacial score (nSPS) is 13.6. The molecular weight excluding hydrogens is 392 g/mol. The van der Waals surface area contributed by atoms with Crippen molar-refractivity contribution in [2.45, 2.75) is 51.8 Å². The lowest BCUT2D eigenvalue weighted by molar-refractivity contribution is -0.137. The summed E-state index contributed by atoms with van der Waals surface area (Å²) in [5.74, 6) is -1.31. The molecule has 1 aromatic carbocycles. The minimum Gasteiger partial charge on any atom is -0.508 e. The van der Waals surface area contributed by atoms with Crippen molar-refractivity contribution in [3.8, 4) is 17.0 Å². The predicted molar refractivity (Wildman–Crippen MR) is 110 cm³/mol. The van der Waals surface area contributed by atoms with Gasteiger partial charge in [0.15, 0.2) is 5.82 Å². The van der Waals surface area contributed by atoms with Crippen LogP contribution in [0, 0.1) is 0 Å². The Morgan fingerprint density at radius 1 is 1.27 bits per heavy atom. The Morgan fingerprint density at radius 3 is 2.57 bits per heavy atom. The fraction of sp³-hybridized carbons (Fsp3) is 0.400. The van der Waals surface area contributed by atoms with Gasteiger partial charge in [0, 0.05) is 23.4 Å². The van der Waals surface area contributed by atoms with E-state index in [-0.39, 0.29) is 29.0 Å². The molecule has 10 heteroatoms. The number of nitrogens with zero attached hydrogens (tertiary/aromatic N) is 2. The van der Waals surface area contributed by atoms with Gasteiger partial charge in [-0.3, -0.25) is 19.5 Å². The lowest BCUT2D eigenvalue weighted by atomic mass is 10.1. The van der Waals surface area contributed by atoms with E-state index in [4.69, 9.17) is 4.74 Å². The molecular formula is C20H24N4O6. The zero-order valence-electron chi connectivity index (χ0n) is 16.9. The van der Waals surface area contributed by atoms with E-state index >= 15 is 0 Å². The molecule has 1 aromatic heterocycles. The van der Waals surface area contributed by atoms with Crippen molar-refractivity contribution in [1.29, 1.82) is 0 Å². The predicted octanol–water partition coefficient (Wildman–Crippen LogP) is 2.62. The molecule has 1 fully saturated rings. The number of aliphatic carboxylic acids is 1. The summed E-state index contributed by atoms with van der Waals surface area (Å²) in [5, 5.41) is 24.9.